The second-order valence-electron chi connectivity index (χ2n) is 5.74. The largest absolute Gasteiger partial charge is 0.497 e. The number of nitrogens with zero attached hydrogens (tertiary/aromatic N) is 2. The van der Waals surface area contributed by atoms with Gasteiger partial charge in [0.15, 0.2) is 0 Å². The SMILES string of the molecule is COc1ccc(-n2nc(C(C)(F)F)cc2NC(=O)Oc2ccccc2)cc1. The molecule has 1 N–H and O–H groups in total. The van der Waals surface area contributed by atoms with Crippen molar-refractivity contribution < 1.29 is 23.0 Å². The van der Waals surface area contributed by atoms with Crippen LogP contribution in [0.15, 0.2) is 60.7 Å². The normalized spacial score (nSPS) is 11.1. The van der Waals surface area contributed by atoms with Gasteiger partial charge in [0.2, 0.25) is 0 Å². The summed E-state index contributed by atoms with van der Waals surface area (Å²) < 4.78 is 38.9. The maximum atomic E-state index is 13.7. The van der Waals surface area contributed by atoms with Crippen LogP contribution in [0.25, 0.3) is 5.69 Å². The zero-order valence-corrected chi connectivity index (χ0v) is 14.6. The number of aromatic nitrogens is 2. The Balaban J connectivity index is 1.90. The molecular formula is C19H17F2N3O3. The number of methoxy groups -OCH3 is 1. The topological polar surface area (TPSA) is 65.4 Å². The van der Waals surface area contributed by atoms with E-state index in [1.165, 1.54) is 11.8 Å². The van der Waals surface area contributed by atoms with Gasteiger partial charge in [0.05, 0.1) is 12.8 Å². The zero-order valence-electron chi connectivity index (χ0n) is 14.6. The Hall–Kier alpha value is -3.42. The van der Waals surface area contributed by atoms with Crippen LogP contribution in [0, 0.1) is 0 Å². The van der Waals surface area contributed by atoms with E-state index in [1.807, 2.05) is 0 Å². The van der Waals surface area contributed by atoms with E-state index in [0.29, 0.717) is 17.2 Å². The van der Waals surface area contributed by atoms with Gasteiger partial charge in [-0.05, 0) is 36.4 Å². The Labute approximate surface area is 154 Å². The van der Waals surface area contributed by atoms with E-state index >= 15 is 0 Å². The van der Waals surface area contributed by atoms with Crippen LogP contribution in [0.1, 0.15) is 12.6 Å². The van der Waals surface area contributed by atoms with Gasteiger partial charge in [-0.1, -0.05) is 18.2 Å². The summed E-state index contributed by atoms with van der Waals surface area (Å²) in [5.41, 5.74) is -0.00496. The fourth-order valence-corrected chi connectivity index (χ4v) is 2.33. The van der Waals surface area contributed by atoms with Gasteiger partial charge in [0.25, 0.3) is 5.92 Å². The number of ether oxygens (including phenoxy) is 2. The van der Waals surface area contributed by atoms with E-state index in [1.54, 1.807) is 54.6 Å². The van der Waals surface area contributed by atoms with Crippen LogP contribution >= 0.6 is 0 Å². The van der Waals surface area contributed by atoms with Crippen molar-refractivity contribution in [1.82, 2.24) is 9.78 Å². The van der Waals surface area contributed by atoms with Gasteiger partial charge >= 0.3 is 6.09 Å². The maximum Gasteiger partial charge on any atom is 0.418 e. The zero-order chi connectivity index (χ0) is 19.4. The second-order valence-corrected chi connectivity index (χ2v) is 5.74. The van der Waals surface area contributed by atoms with Crippen LogP contribution in [-0.2, 0) is 5.92 Å². The van der Waals surface area contributed by atoms with E-state index in [-0.39, 0.29) is 5.82 Å². The van der Waals surface area contributed by atoms with Gasteiger partial charge in [-0.3, -0.25) is 5.32 Å². The predicted molar refractivity (Wildman–Crippen MR) is 95.8 cm³/mol. The summed E-state index contributed by atoms with van der Waals surface area (Å²) in [6.45, 7) is 0.736. The first kappa shape index (κ1) is 18.4. The molecule has 1 amide bonds. The lowest BCUT2D eigenvalue weighted by atomic mass is 10.3. The number of carbonyl (C=O) groups excluding carboxylic acids is 1. The van der Waals surface area contributed by atoms with Gasteiger partial charge in [-0.15, -0.1) is 0 Å². The van der Waals surface area contributed by atoms with E-state index in [2.05, 4.69) is 10.4 Å². The standard InChI is InChI=1S/C19H17F2N3O3/c1-19(20,21)16-12-17(22-18(25)27-15-6-4-3-5-7-15)24(23-16)13-8-10-14(26-2)11-9-13/h3-12H,1-2H3,(H,22,25). The molecule has 0 unspecified atom stereocenters. The Morgan fingerprint density at radius 2 is 1.74 bits per heavy atom. The summed E-state index contributed by atoms with van der Waals surface area (Å²) in [5, 5.41) is 6.38. The van der Waals surface area contributed by atoms with Crippen molar-refractivity contribution >= 4 is 11.9 Å². The van der Waals surface area contributed by atoms with Gasteiger partial charge in [-0.25, -0.2) is 9.48 Å². The third kappa shape index (κ3) is 4.41. The highest BCUT2D eigenvalue weighted by Crippen LogP contribution is 2.30. The molecule has 0 saturated carbocycles. The highest BCUT2D eigenvalue weighted by Gasteiger charge is 2.30. The summed E-state index contributed by atoms with van der Waals surface area (Å²) in [6.07, 6.45) is -0.818. The summed E-state index contributed by atoms with van der Waals surface area (Å²) >= 11 is 0. The van der Waals surface area contributed by atoms with Crippen molar-refractivity contribution in [3.05, 3.63) is 66.4 Å². The molecule has 0 spiro atoms. The maximum absolute atomic E-state index is 13.7. The fraction of sp³-hybridized carbons (Fsp3) is 0.158. The molecule has 0 atom stereocenters. The summed E-state index contributed by atoms with van der Waals surface area (Å²) in [4.78, 5) is 12.1. The Kier molecular flexibility index (Phi) is 5.07. The molecule has 0 radical (unpaired) electrons. The average Bonchev–Trinajstić information content (AvgIpc) is 3.06. The van der Waals surface area contributed by atoms with Crippen molar-refractivity contribution in [2.45, 2.75) is 12.8 Å². The molecule has 8 heteroatoms. The molecular weight excluding hydrogens is 356 g/mol. The predicted octanol–water partition coefficient (Wildman–Crippen LogP) is 4.60. The van der Waals surface area contributed by atoms with Crippen LogP contribution in [0.5, 0.6) is 11.5 Å². The summed E-state index contributed by atoms with van der Waals surface area (Å²) in [6, 6.07) is 16.1. The Morgan fingerprint density at radius 3 is 2.33 bits per heavy atom. The number of para-hydroxylation sites is 1. The molecule has 0 saturated heterocycles. The number of amides is 1. The van der Waals surface area contributed by atoms with Gasteiger partial charge in [0.1, 0.15) is 23.0 Å². The molecule has 2 aromatic carbocycles. The minimum Gasteiger partial charge on any atom is -0.497 e. The molecule has 0 fully saturated rings. The molecule has 3 rings (SSSR count). The highest BCUT2D eigenvalue weighted by molar-refractivity contribution is 5.85. The molecule has 0 aliphatic carbocycles. The fourth-order valence-electron chi connectivity index (χ4n) is 2.33. The molecule has 6 nitrogen and oxygen atoms in total. The number of rotatable bonds is 5. The molecule has 27 heavy (non-hydrogen) atoms. The lowest BCUT2D eigenvalue weighted by Crippen LogP contribution is -2.19. The van der Waals surface area contributed by atoms with Crippen LogP contribution in [0.3, 0.4) is 0 Å². The van der Waals surface area contributed by atoms with E-state index in [9.17, 15) is 13.6 Å². The Morgan fingerprint density at radius 1 is 1.07 bits per heavy atom. The van der Waals surface area contributed by atoms with E-state index in [0.717, 1.165) is 13.0 Å². The monoisotopic (exact) mass is 373 g/mol. The molecule has 3 aromatic rings. The smallest absolute Gasteiger partial charge is 0.418 e. The third-order valence-corrected chi connectivity index (χ3v) is 3.66. The van der Waals surface area contributed by atoms with Crippen LogP contribution in [0.4, 0.5) is 19.4 Å². The molecule has 1 aromatic heterocycles. The third-order valence-electron chi connectivity index (χ3n) is 3.66. The van der Waals surface area contributed by atoms with Crippen LogP contribution in [0.2, 0.25) is 0 Å². The second kappa shape index (κ2) is 7.45. The average molecular weight is 373 g/mol. The van der Waals surface area contributed by atoms with Crippen molar-refractivity contribution in [3.63, 3.8) is 0 Å². The number of anilines is 1. The van der Waals surface area contributed by atoms with Crippen molar-refractivity contribution in [2.75, 3.05) is 12.4 Å². The van der Waals surface area contributed by atoms with Crippen LogP contribution < -0.4 is 14.8 Å². The number of benzene rings is 2. The van der Waals surface area contributed by atoms with Gasteiger partial charge in [0, 0.05) is 13.0 Å². The van der Waals surface area contributed by atoms with Crippen molar-refractivity contribution in [1.29, 1.82) is 0 Å². The minimum absolute atomic E-state index is 0.0534. The lowest BCUT2D eigenvalue weighted by molar-refractivity contribution is 0.0124. The first-order valence-corrected chi connectivity index (χ1v) is 8.03. The highest BCUT2D eigenvalue weighted by atomic mass is 19.3. The number of halogens is 2. The summed E-state index contributed by atoms with van der Waals surface area (Å²) in [7, 11) is 1.52. The number of alkyl halides is 2. The van der Waals surface area contributed by atoms with Gasteiger partial charge < -0.3 is 9.47 Å². The summed E-state index contributed by atoms with van der Waals surface area (Å²) in [5.74, 6) is -2.19. The first-order valence-electron chi connectivity index (χ1n) is 8.03. The van der Waals surface area contributed by atoms with Crippen molar-refractivity contribution in [3.8, 4) is 17.2 Å². The molecule has 0 bridgehead atoms. The molecule has 0 aliphatic heterocycles. The van der Waals surface area contributed by atoms with Crippen molar-refractivity contribution in [2.24, 2.45) is 0 Å². The van der Waals surface area contributed by atoms with Crippen LogP contribution in [-0.4, -0.2) is 23.0 Å². The molecule has 1 heterocycles. The first-order chi connectivity index (χ1) is 12.9. The van der Waals surface area contributed by atoms with E-state index < -0.39 is 17.7 Å². The van der Waals surface area contributed by atoms with Gasteiger partial charge in [-0.2, -0.15) is 13.9 Å². The quantitative estimate of drug-likeness (QED) is 0.710. The lowest BCUT2D eigenvalue weighted by Gasteiger charge is -2.10. The number of hydrogen-bond donors (Lipinski definition) is 1. The van der Waals surface area contributed by atoms with E-state index in [4.69, 9.17) is 9.47 Å². The number of nitrogens with one attached hydrogen (secondary N) is 1. The number of carbonyl (C=O) groups is 1. The number of hydrogen-bond acceptors (Lipinski definition) is 4. The Bertz CT molecular complexity index is 920. The minimum atomic E-state index is -3.17. The molecule has 0 aliphatic rings. The molecule has 140 valence electrons.